The van der Waals surface area contributed by atoms with Crippen molar-refractivity contribution in [1.29, 1.82) is 0 Å². The number of nitrogens with one attached hydrogen (secondary N) is 1. The van der Waals surface area contributed by atoms with Crippen molar-refractivity contribution in [3.63, 3.8) is 0 Å². The average molecular weight is 341 g/mol. The molecule has 1 aliphatic rings. The number of rotatable bonds is 6. The molecule has 124 valence electrons. The minimum Gasteiger partial charge on any atom is -0.349 e. The Bertz CT molecular complexity index is 844. The monoisotopic (exact) mass is 341 g/mol. The normalized spacial score (nSPS) is 14.0. The highest BCUT2D eigenvalue weighted by molar-refractivity contribution is 7.13. The largest absolute Gasteiger partial charge is 0.349 e. The number of carbonyl (C=O) groups is 1. The zero-order chi connectivity index (χ0) is 16.5. The van der Waals surface area contributed by atoms with Gasteiger partial charge in [-0.15, -0.1) is 11.3 Å². The summed E-state index contributed by atoms with van der Waals surface area (Å²) in [6, 6.07) is 5.83. The third-order valence-electron chi connectivity index (χ3n) is 4.21. The van der Waals surface area contributed by atoms with E-state index >= 15 is 0 Å². The van der Waals surface area contributed by atoms with Crippen LogP contribution >= 0.6 is 11.3 Å². The number of nitrogens with zero attached hydrogens (tertiary/aromatic N) is 4. The van der Waals surface area contributed by atoms with Crippen molar-refractivity contribution in [2.75, 3.05) is 6.54 Å². The first kappa shape index (κ1) is 15.1. The number of aromatic nitrogens is 4. The molecular formula is C17H19N5OS. The quantitative estimate of drug-likeness (QED) is 0.750. The molecule has 0 unspecified atom stereocenters. The molecule has 4 rings (SSSR count). The Morgan fingerprint density at radius 3 is 3.08 bits per heavy atom. The van der Waals surface area contributed by atoms with Gasteiger partial charge in [-0.2, -0.15) is 5.10 Å². The first-order valence-corrected chi connectivity index (χ1v) is 8.97. The summed E-state index contributed by atoms with van der Waals surface area (Å²) in [6.07, 6.45) is 6.27. The third kappa shape index (κ3) is 2.99. The van der Waals surface area contributed by atoms with Crippen molar-refractivity contribution < 1.29 is 4.79 Å². The number of amides is 1. The fourth-order valence-corrected chi connectivity index (χ4v) is 3.50. The van der Waals surface area contributed by atoms with Gasteiger partial charge in [0, 0.05) is 38.4 Å². The number of aryl methyl sites for hydroxylation is 1. The Labute approximate surface area is 144 Å². The molecule has 1 saturated carbocycles. The predicted octanol–water partition coefficient (Wildman–Crippen LogP) is 2.65. The van der Waals surface area contributed by atoms with E-state index in [1.54, 1.807) is 23.1 Å². The van der Waals surface area contributed by atoms with Gasteiger partial charge in [-0.05, 0) is 30.4 Å². The molecular weight excluding hydrogens is 322 g/mol. The van der Waals surface area contributed by atoms with Gasteiger partial charge in [-0.3, -0.25) is 9.48 Å². The Balaban J connectivity index is 1.38. The fourth-order valence-electron chi connectivity index (χ4n) is 2.82. The molecule has 0 radical (unpaired) electrons. The van der Waals surface area contributed by atoms with E-state index in [4.69, 9.17) is 0 Å². The summed E-state index contributed by atoms with van der Waals surface area (Å²) in [5.74, 6) is 1.66. The van der Waals surface area contributed by atoms with E-state index in [9.17, 15) is 4.79 Å². The maximum Gasteiger partial charge on any atom is 0.269 e. The standard InChI is InChI=1S/C17H19N5OS/c1-21-14(11-13(20-21)15-3-2-10-24-15)17(23)19-7-9-22-8-6-18-16(22)12-4-5-12/h2-3,6,8,10-12H,4-5,7,9H2,1H3,(H,19,23). The van der Waals surface area contributed by atoms with E-state index < -0.39 is 0 Å². The zero-order valence-corrected chi connectivity index (χ0v) is 14.3. The van der Waals surface area contributed by atoms with Gasteiger partial charge in [-0.25, -0.2) is 4.98 Å². The van der Waals surface area contributed by atoms with Gasteiger partial charge in [0.05, 0.1) is 4.88 Å². The molecule has 1 aliphatic carbocycles. The molecule has 3 aromatic rings. The van der Waals surface area contributed by atoms with Crippen LogP contribution in [0.5, 0.6) is 0 Å². The molecule has 1 N–H and O–H groups in total. The lowest BCUT2D eigenvalue weighted by Gasteiger charge is -2.08. The minimum absolute atomic E-state index is 0.0964. The molecule has 0 aromatic carbocycles. The average Bonchev–Trinajstić information content (AvgIpc) is 3.00. The molecule has 3 aromatic heterocycles. The van der Waals surface area contributed by atoms with Gasteiger partial charge in [0.25, 0.3) is 5.91 Å². The predicted molar refractivity (Wildman–Crippen MR) is 93.1 cm³/mol. The third-order valence-corrected chi connectivity index (χ3v) is 5.11. The molecule has 0 aliphatic heterocycles. The second-order valence-electron chi connectivity index (χ2n) is 6.02. The van der Waals surface area contributed by atoms with Crippen molar-refractivity contribution >= 4 is 17.2 Å². The Morgan fingerprint density at radius 2 is 2.33 bits per heavy atom. The number of hydrogen-bond donors (Lipinski definition) is 1. The summed E-state index contributed by atoms with van der Waals surface area (Å²) in [5.41, 5.74) is 1.41. The minimum atomic E-state index is -0.0964. The van der Waals surface area contributed by atoms with Crippen LogP contribution in [-0.4, -0.2) is 31.8 Å². The van der Waals surface area contributed by atoms with E-state index in [0.717, 1.165) is 22.9 Å². The van der Waals surface area contributed by atoms with Gasteiger partial charge < -0.3 is 9.88 Å². The van der Waals surface area contributed by atoms with Gasteiger partial charge >= 0.3 is 0 Å². The van der Waals surface area contributed by atoms with Gasteiger partial charge in [-0.1, -0.05) is 6.07 Å². The van der Waals surface area contributed by atoms with Crippen LogP contribution in [0.25, 0.3) is 10.6 Å². The Hall–Kier alpha value is -2.41. The second-order valence-corrected chi connectivity index (χ2v) is 6.97. The highest BCUT2D eigenvalue weighted by Crippen LogP contribution is 2.38. The summed E-state index contributed by atoms with van der Waals surface area (Å²) < 4.78 is 3.77. The molecule has 6 nitrogen and oxygen atoms in total. The van der Waals surface area contributed by atoms with Crippen LogP contribution in [0.2, 0.25) is 0 Å². The summed E-state index contributed by atoms with van der Waals surface area (Å²) in [4.78, 5) is 17.9. The highest BCUT2D eigenvalue weighted by Gasteiger charge is 2.27. The lowest BCUT2D eigenvalue weighted by Crippen LogP contribution is -2.29. The summed E-state index contributed by atoms with van der Waals surface area (Å²) >= 11 is 1.62. The molecule has 7 heteroatoms. The van der Waals surface area contributed by atoms with Crippen molar-refractivity contribution in [3.05, 3.63) is 47.5 Å². The SMILES string of the molecule is Cn1nc(-c2cccs2)cc1C(=O)NCCn1ccnc1C1CC1. The zero-order valence-electron chi connectivity index (χ0n) is 13.5. The van der Waals surface area contributed by atoms with Crippen LogP contribution in [-0.2, 0) is 13.6 Å². The van der Waals surface area contributed by atoms with Crippen LogP contribution < -0.4 is 5.32 Å². The molecule has 0 atom stereocenters. The maximum atomic E-state index is 12.4. The summed E-state index contributed by atoms with van der Waals surface area (Å²) in [6.45, 7) is 1.32. The first-order chi connectivity index (χ1) is 11.7. The van der Waals surface area contributed by atoms with E-state index in [0.29, 0.717) is 18.2 Å². The highest BCUT2D eigenvalue weighted by atomic mass is 32.1. The molecule has 1 amide bonds. The fraction of sp³-hybridized carbons (Fsp3) is 0.353. The Kier molecular flexibility index (Phi) is 3.93. The van der Waals surface area contributed by atoms with E-state index in [2.05, 4.69) is 20.0 Å². The van der Waals surface area contributed by atoms with Crippen molar-refractivity contribution in [1.82, 2.24) is 24.6 Å². The lowest BCUT2D eigenvalue weighted by atomic mass is 10.3. The van der Waals surface area contributed by atoms with Crippen LogP contribution in [0.15, 0.2) is 36.0 Å². The van der Waals surface area contributed by atoms with Crippen LogP contribution in [0.1, 0.15) is 35.1 Å². The van der Waals surface area contributed by atoms with Crippen molar-refractivity contribution in [2.45, 2.75) is 25.3 Å². The van der Waals surface area contributed by atoms with Gasteiger partial charge in [0.15, 0.2) is 0 Å². The number of imidazole rings is 1. The summed E-state index contributed by atoms with van der Waals surface area (Å²) in [5, 5.41) is 9.41. The van der Waals surface area contributed by atoms with Crippen LogP contribution in [0.3, 0.4) is 0 Å². The number of thiophene rings is 1. The molecule has 3 heterocycles. The molecule has 0 saturated heterocycles. The van der Waals surface area contributed by atoms with Crippen molar-refractivity contribution in [2.24, 2.45) is 7.05 Å². The van der Waals surface area contributed by atoms with E-state index in [1.807, 2.05) is 36.0 Å². The van der Waals surface area contributed by atoms with E-state index in [1.165, 1.54) is 12.8 Å². The molecule has 1 fully saturated rings. The van der Waals surface area contributed by atoms with Gasteiger partial charge in [0.1, 0.15) is 17.2 Å². The summed E-state index contributed by atoms with van der Waals surface area (Å²) in [7, 11) is 1.80. The number of hydrogen-bond acceptors (Lipinski definition) is 4. The number of carbonyl (C=O) groups excluding carboxylic acids is 1. The maximum absolute atomic E-state index is 12.4. The van der Waals surface area contributed by atoms with Gasteiger partial charge in [0.2, 0.25) is 0 Å². The topological polar surface area (TPSA) is 64.7 Å². The smallest absolute Gasteiger partial charge is 0.269 e. The molecule has 0 bridgehead atoms. The van der Waals surface area contributed by atoms with Crippen LogP contribution in [0, 0.1) is 0 Å². The lowest BCUT2D eigenvalue weighted by molar-refractivity contribution is 0.0943. The van der Waals surface area contributed by atoms with E-state index in [-0.39, 0.29) is 5.91 Å². The second kappa shape index (κ2) is 6.24. The van der Waals surface area contributed by atoms with Crippen molar-refractivity contribution in [3.8, 4) is 10.6 Å². The first-order valence-electron chi connectivity index (χ1n) is 8.09. The Morgan fingerprint density at radius 1 is 1.46 bits per heavy atom. The molecule has 24 heavy (non-hydrogen) atoms. The molecule has 0 spiro atoms. The van der Waals surface area contributed by atoms with Crippen LogP contribution in [0.4, 0.5) is 0 Å².